The summed E-state index contributed by atoms with van der Waals surface area (Å²) in [6, 6.07) is 0.757. The molecule has 6 nitrogen and oxygen atoms in total. The Hall–Kier alpha value is -2.37. The summed E-state index contributed by atoms with van der Waals surface area (Å²) in [6.45, 7) is 3.47. The molecule has 1 aliphatic rings. The fourth-order valence-electron chi connectivity index (χ4n) is 1.90. The molecule has 1 unspecified atom stereocenters. The van der Waals surface area contributed by atoms with Crippen molar-refractivity contribution in [2.45, 2.75) is 12.5 Å². The van der Waals surface area contributed by atoms with E-state index >= 15 is 0 Å². The number of hydrogen-bond donors (Lipinski definition) is 1. The van der Waals surface area contributed by atoms with Gasteiger partial charge in [-0.3, -0.25) is 9.88 Å². The molecule has 1 N–H and O–H groups in total. The van der Waals surface area contributed by atoms with Crippen LogP contribution in [0.3, 0.4) is 0 Å². The van der Waals surface area contributed by atoms with Gasteiger partial charge in [0.05, 0.1) is 11.9 Å². The molecule has 0 bridgehead atoms. The van der Waals surface area contributed by atoms with E-state index in [0.29, 0.717) is 5.69 Å². The van der Waals surface area contributed by atoms with Crippen molar-refractivity contribution in [3.05, 3.63) is 36.7 Å². The van der Waals surface area contributed by atoms with Crippen LogP contribution in [0.1, 0.15) is 5.56 Å². The summed E-state index contributed by atoms with van der Waals surface area (Å²) in [7, 11) is 0. The predicted octanol–water partition coefficient (Wildman–Crippen LogP) is 1.22. The van der Waals surface area contributed by atoms with Crippen molar-refractivity contribution in [3.8, 4) is 0 Å². The van der Waals surface area contributed by atoms with Gasteiger partial charge in [-0.25, -0.2) is 9.59 Å². The molecule has 0 aromatic carbocycles. The Morgan fingerprint density at radius 3 is 3.11 bits per heavy atom. The van der Waals surface area contributed by atoms with Gasteiger partial charge < -0.3 is 9.84 Å². The first-order chi connectivity index (χ1) is 8.65. The summed E-state index contributed by atoms with van der Waals surface area (Å²) in [6.07, 6.45) is 4.02. The largest absolute Gasteiger partial charge is 0.480 e. The van der Waals surface area contributed by atoms with Crippen molar-refractivity contribution in [2.75, 3.05) is 11.5 Å². The summed E-state index contributed by atoms with van der Waals surface area (Å²) in [5.74, 6) is -1.07. The Balaban J connectivity index is 2.31. The molecule has 2 rings (SSSR count). The monoisotopic (exact) mass is 248 g/mol. The second kappa shape index (κ2) is 4.87. The molecule has 0 fully saturated rings. The molecule has 0 spiro atoms. The Labute approximate surface area is 104 Å². The number of rotatable bonds is 3. The molecule has 1 aromatic heterocycles. The zero-order chi connectivity index (χ0) is 13.1. The topological polar surface area (TPSA) is 79.7 Å². The highest BCUT2D eigenvalue weighted by atomic mass is 16.6. The number of carboxylic acid groups (broad SMARTS) is 1. The number of pyridine rings is 1. The fraction of sp³-hybridized carbons (Fsp3) is 0.250. The number of carbonyl (C=O) groups is 2. The number of aliphatic carboxylic acids is 1. The highest BCUT2D eigenvalue weighted by Gasteiger charge is 2.39. The lowest BCUT2D eigenvalue weighted by atomic mass is 10.1. The van der Waals surface area contributed by atoms with Crippen molar-refractivity contribution < 1.29 is 19.4 Å². The first kappa shape index (κ1) is 12.1. The molecular weight excluding hydrogens is 236 g/mol. The molecule has 1 aromatic rings. The molecule has 0 aliphatic carbocycles. The molecule has 6 heteroatoms. The Morgan fingerprint density at radius 2 is 2.44 bits per heavy atom. The number of fused-ring (bicyclic) bond motifs is 1. The van der Waals surface area contributed by atoms with Gasteiger partial charge in [0.2, 0.25) is 0 Å². The molecule has 2 heterocycles. The third-order valence-electron chi connectivity index (χ3n) is 2.68. The van der Waals surface area contributed by atoms with E-state index in [1.807, 2.05) is 0 Å². The van der Waals surface area contributed by atoms with Gasteiger partial charge in [-0.2, -0.15) is 0 Å². The van der Waals surface area contributed by atoms with E-state index in [4.69, 9.17) is 9.84 Å². The normalized spacial score (nSPS) is 17.1. The summed E-state index contributed by atoms with van der Waals surface area (Å²) in [4.78, 5) is 28.0. The third kappa shape index (κ3) is 2.04. The minimum atomic E-state index is -1.07. The summed E-state index contributed by atoms with van der Waals surface area (Å²) >= 11 is 0. The molecule has 1 aliphatic heterocycles. The van der Waals surface area contributed by atoms with Gasteiger partial charge in [0.15, 0.2) is 0 Å². The van der Waals surface area contributed by atoms with Gasteiger partial charge in [0.1, 0.15) is 12.6 Å². The van der Waals surface area contributed by atoms with Crippen LogP contribution in [0.15, 0.2) is 31.1 Å². The van der Waals surface area contributed by atoms with E-state index in [-0.39, 0.29) is 13.0 Å². The number of hydrogen-bond acceptors (Lipinski definition) is 4. The van der Waals surface area contributed by atoms with Gasteiger partial charge in [0, 0.05) is 12.6 Å². The van der Waals surface area contributed by atoms with Crippen LogP contribution in [0.5, 0.6) is 0 Å². The van der Waals surface area contributed by atoms with E-state index in [0.717, 1.165) is 10.5 Å². The van der Waals surface area contributed by atoms with Crippen LogP contribution >= 0.6 is 0 Å². The van der Waals surface area contributed by atoms with E-state index in [1.165, 1.54) is 12.3 Å². The average Bonchev–Trinajstić information content (AvgIpc) is 2.75. The number of carbonyl (C=O) groups excluding carboxylic acids is 1. The maximum absolute atomic E-state index is 11.8. The second-order valence-corrected chi connectivity index (χ2v) is 3.80. The quantitative estimate of drug-likeness (QED) is 0.813. The van der Waals surface area contributed by atoms with Crippen molar-refractivity contribution in [1.82, 2.24) is 4.98 Å². The van der Waals surface area contributed by atoms with Crippen LogP contribution in [0.4, 0.5) is 10.5 Å². The van der Waals surface area contributed by atoms with Gasteiger partial charge in [-0.05, 0) is 11.6 Å². The number of anilines is 1. The number of carboxylic acids is 1. The first-order valence-corrected chi connectivity index (χ1v) is 5.37. The van der Waals surface area contributed by atoms with E-state index < -0.39 is 18.1 Å². The number of aromatic nitrogens is 1. The van der Waals surface area contributed by atoms with E-state index in [2.05, 4.69) is 11.6 Å². The molecule has 94 valence electrons. The number of amides is 1. The summed E-state index contributed by atoms with van der Waals surface area (Å²) in [5, 5.41) is 9.14. The molecule has 0 radical (unpaired) electrons. The predicted molar refractivity (Wildman–Crippen MR) is 63.4 cm³/mol. The standard InChI is InChI=1S/C12H12N2O4/c1-2-5-18-12(17)14-9(11(15)16)6-8-3-4-13-7-10(8)14/h2-4,7,9H,1,5-6H2,(H,15,16). The lowest BCUT2D eigenvalue weighted by molar-refractivity contribution is -0.138. The first-order valence-electron chi connectivity index (χ1n) is 5.37. The van der Waals surface area contributed by atoms with Gasteiger partial charge in [-0.1, -0.05) is 12.7 Å². The zero-order valence-electron chi connectivity index (χ0n) is 9.57. The second-order valence-electron chi connectivity index (χ2n) is 3.80. The van der Waals surface area contributed by atoms with Crippen LogP contribution in [0.2, 0.25) is 0 Å². The maximum Gasteiger partial charge on any atom is 0.415 e. The smallest absolute Gasteiger partial charge is 0.415 e. The minimum absolute atomic E-state index is 0.0390. The lowest BCUT2D eigenvalue weighted by Gasteiger charge is -2.21. The van der Waals surface area contributed by atoms with Crippen LogP contribution in [0, 0.1) is 0 Å². The molecular formula is C12H12N2O4. The van der Waals surface area contributed by atoms with Crippen molar-refractivity contribution >= 4 is 17.7 Å². The maximum atomic E-state index is 11.8. The zero-order valence-corrected chi connectivity index (χ0v) is 9.57. The van der Waals surface area contributed by atoms with Crippen LogP contribution in [0.25, 0.3) is 0 Å². The molecule has 1 amide bonds. The van der Waals surface area contributed by atoms with Crippen LogP contribution < -0.4 is 4.90 Å². The van der Waals surface area contributed by atoms with E-state index in [1.54, 1.807) is 12.3 Å². The summed E-state index contributed by atoms with van der Waals surface area (Å²) in [5.41, 5.74) is 1.26. The number of ether oxygens (including phenoxy) is 1. The average molecular weight is 248 g/mol. The number of nitrogens with zero attached hydrogens (tertiary/aromatic N) is 2. The van der Waals surface area contributed by atoms with Gasteiger partial charge in [-0.15, -0.1) is 0 Å². The van der Waals surface area contributed by atoms with Crippen LogP contribution in [-0.2, 0) is 16.0 Å². The molecule has 0 saturated heterocycles. The van der Waals surface area contributed by atoms with Gasteiger partial charge >= 0.3 is 12.1 Å². The van der Waals surface area contributed by atoms with Crippen molar-refractivity contribution in [1.29, 1.82) is 0 Å². The third-order valence-corrected chi connectivity index (χ3v) is 2.68. The Morgan fingerprint density at radius 1 is 1.67 bits per heavy atom. The van der Waals surface area contributed by atoms with Crippen molar-refractivity contribution in [3.63, 3.8) is 0 Å². The highest BCUT2D eigenvalue weighted by Crippen LogP contribution is 2.31. The molecule has 18 heavy (non-hydrogen) atoms. The SMILES string of the molecule is C=CCOC(=O)N1c2cnccc2CC1C(=O)O. The minimum Gasteiger partial charge on any atom is -0.480 e. The Bertz CT molecular complexity index is 501. The summed E-state index contributed by atoms with van der Waals surface area (Å²) < 4.78 is 4.89. The van der Waals surface area contributed by atoms with Crippen LogP contribution in [-0.4, -0.2) is 34.8 Å². The van der Waals surface area contributed by atoms with Gasteiger partial charge in [0.25, 0.3) is 0 Å². The Kier molecular flexibility index (Phi) is 3.27. The molecule has 0 saturated carbocycles. The highest BCUT2D eigenvalue weighted by molar-refractivity contribution is 5.98. The lowest BCUT2D eigenvalue weighted by Crippen LogP contribution is -2.43. The fourth-order valence-corrected chi connectivity index (χ4v) is 1.90. The molecule has 1 atom stereocenters. The van der Waals surface area contributed by atoms with Crippen molar-refractivity contribution in [2.24, 2.45) is 0 Å². The van der Waals surface area contributed by atoms with E-state index in [9.17, 15) is 9.59 Å².